The first-order valence-corrected chi connectivity index (χ1v) is 17.5. The molecule has 7 aromatic carbocycles. The van der Waals surface area contributed by atoms with E-state index in [4.69, 9.17) is 15.0 Å². The minimum Gasteiger partial charge on any atom is -0.293 e. The Morgan fingerprint density at radius 3 is 1.88 bits per heavy atom. The third kappa shape index (κ3) is 3.71. The Kier molecular flexibility index (Phi) is 5.38. The molecule has 0 aliphatic heterocycles. The van der Waals surface area contributed by atoms with E-state index in [1.807, 2.05) is 12.1 Å². The number of fused-ring (bicyclic) bond motifs is 12. The van der Waals surface area contributed by atoms with Gasteiger partial charge < -0.3 is 0 Å². The van der Waals surface area contributed by atoms with Crippen LogP contribution in [0.15, 0.2) is 164 Å². The van der Waals surface area contributed by atoms with Gasteiger partial charge in [0.2, 0.25) is 11.7 Å². The molecule has 5 heterocycles. The highest BCUT2D eigenvalue weighted by Crippen LogP contribution is 2.36. The summed E-state index contributed by atoms with van der Waals surface area (Å²) in [6.07, 6.45) is 0. The average Bonchev–Trinajstić information content (AvgIpc) is 3.93. The van der Waals surface area contributed by atoms with E-state index >= 15 is 0 Å². The van der Waals surface area contributed by atoms with E-state index in [9.17, 15) is 0 Å². The predicted molar refractivity (Wildman–Crippen MR) is 211 cm³/mol. The summed E-state index contributed by atoms with van der Waals surface area (Å²) in [5, 5.41) is 4.55. The number of hydrogen-bond donors (Lipinski definition) is 0. The lowest BCUT2D eigenvalue weighted by Gasteiger charge is -2.11. The number of nitrogens with zero attached hydrogens (tertiary/aromatic N) is 7. The minimum absolute atomic E-state index is 0.637. The molecule has 0 amide bonds. The fourth-order valence-corrected chi connectivity index (χ4v) is 8.23. The smallest absolute Gasteiger partial charge is 0.237 e. The van der Waals surface area contributed by atoms with Crippen LogP contribution in [-0.2, 0) is 0 Å². The lowest BCUT2D eigenvalue weighted by molar-refractivity contribution is 1.00. The van der Waals surface area contributed by atoms with Crippen molar-refractivity contribution in [1.29, 1.82) is 0 Å². The molecule has 12 rings (SSSR count). The maximum atomic E-state index is 5.36. The molecule has 0 radical (unpaired) electrons. The van der Waals surface area contributed by atoms with Crippen molar-refractivity contribution in [2.45, 2.75) is 0 Å². The standard InChI is InChI=1S/C45H27N7/c1-2-12-29-25-31(22-21-28(29)11-1)43-33-13-3-4-14-34(33)46-44(48-43)52-40-20-10-8-18-38(40)50-41-27-32(24-23-30(41)26-42(50)52)49-37-17-7-9-19-39(37)51-36-16-6-5-15-35(36)47-45(49)51/h1-27H. The van der Waals surface area contributed by atoms with Crippen molar-refractivity contribution >= 4 is 77.1 Å². The van der Waals surface area contributed by atoms with Gasteiger partial charge in [-0.2, -0.15) is 0 Å². The third-order valence-corrected chi connectivity index (χ3v) is 10.5. The van der Waals surface area contributed by atoms with Crippen molar-refractivity contribution in [1.82, 2.24) is 32.9 Å². The minimum atomic E-state index is 0.637. The summed E-state index contributed by atoms with van der Waals surface area (Å²) < 4.78 is 9.08. The average molecular weight is 666 g/mol. The highest BCUT2D eigenvalue weighted by atomic mass is 15.2. The zero-order valence-electron chi connectivity index (χ0n) is 27.7. The molecule has 7 nitrogen and oxygen atoms in total. The number of benzene rings is 7. The number of para-hydroxylation sites is 7. The van der Waals surface area contributed by atoms with Crippen molar-refractivity contribution < 1.29 is 0 Å². The molecule has 0 saturated carbocycles. The van der Waals surface area contributed by atoms with Crippen LogP contribution in [0.5, 0.6) is 0 Å². The second-order valence-electron chi connectivity index (χ2n) is 13.4. The summed E-state index contributed by atoms with van der Waals surface area (Å²) in [6.45, 7) is 0. The molecule has 0 bridgehead atoms. The summed E-state index contributed by atoms with van der Waals surface area (Å²) in [7, 11) is 0. The molecule has 0 saturated heterocycles. The monoisotopic (exact) mass is 665 g/mol. The summed E-state index contributed by atoms with van der Waals surface area (Å²) >= 11 is 0. The fraction of sp³-hybridized carbons (Fsp3) is 0. The Balaban J connectivity index is 1.13. The van der Waals surface area contributed by atoms with Crippen molar-refractivity contribution in [2.75, 3.05) is 0 Å². The first-order chi connectivity index (χ1) is 25.8. The van der Waals surface area contributed by atoms with E-state index in [-0.39, 0.29) is 0 Å². The van der Waals surface area contributed by atoms with Crippen molar-refractivity contribution in [3.8, 4) is 22.9 Å². The van der Waals surface area contributed by atoms with Gasteiger partial charge in [-0.15, -0.1) is 0 Å². The van der Waals surface area contributed by atoms with Gasteiger partial charge in [0.25, 0.3) is 0 Å². The third-order valence-electron chi connectivity index (χ3n) is 10.5. The number of aromatic nitrogens is 7. The Morgan fingerprint density at radius 2 is 1.04 bits per heavy atom. The van der Waals surface area contributed by atoms with Crippen LogP contribution >= 0.6 is 0 Å². The molecule has 0 fully saturated rings. The Labute approximate surface area is 295 Å². The summed E-state index contributed by atoms with van der Waals surface area (Å²) in [6, 6.07) is 57.7. The maximum Gasteiger partial charge on any atom is 0.237 e. The quantitative estimate of drug-likeness (QED) is 0.189. The second-order valence-corrected chi connectivity index (χ2v) is 13.4. The van der Waals surface area contributed by atoms with Crippen LogP contribution in [0.3, 0.4) is 0 Å². The van der Waals surface area contributed by atoms with Gasteiger partial charge in [0.05, 0.1) is 55.5 Å². The first kappa shape index (κ1) is 27.6. The van der Waals surface area contributed by atoms with E-state index < -0.39 is 0 Å². The van der Waals surface area contributed by atoms with Gasteiger partial charge in [-0.25, -0.2) is 15.0 Å². The molecule has 7 heteroatoms. The van der Waals surface area contributed by atoms with Crippen LogP contribution in [0.4, 0.5) is 0 Å². The molecule has 52 heavy (non-hydrogen) atoms. The zero-order valence-corrected chi connectivity index (χ0v) is 27.7. The molecule has 0 atom stereocenters. The van der Waals surface area contributed by atoms with E-state index in [1.54, 1.807) is 0 Å². The molecule has 0 spiro atoms. The van der Waals surface area contributed by atoms with Crippen molar-refractivity contribution in [2.24, 2.45) is 0 Å². The SMILES string of the molecule is c1ccc2cc(-c3nc(-n4c5ccccc5n5c6cc(-n7c8ccccc8n8c9ccccc9nc78)ccc6cc45)nc4ccccc34)ccc2c1. The highest BCUT2D eigenvalue weighted by molar-refractivity contribution is 6.00. The summed E-state index contributed by atoms with van der Waals surface area (Å²) in [4.78, 5) is 15.7. The number of imidazole rings is 3. The molecule has 0 aliphatic carbocycles. The maximum absolute atomic E-state index is 5.36. The van der Waals surface area contributed by atoms with E-state index in [0.717, 1.165) is 83.3 Å². The van der Waals surface area contributed by atoms with Gasteiger partial charge in [0.15, 0.2) is 0 Å². The van der Waals surface area contributed by atoms with E-state index in [2.05, 4.69) is 170 Å². The van der Waals surface area contributed by atoms with Gasteiger partial charge >= 0.3 is 0 Å². The van der Waals surface area contributed by atoms with Crippen LogP contribution in [-0.4, -0.2) is 32.9 Å². The lowest BCUT2D eigenvalue weighted by atomic mass is 10.0. The predicted octanol–water partition coefficient (Wildman–Crippen LogP) is 10.5. The van der Waals surface area contributed by atoms with E-state index in [0.29, 0.717) is 5.95 Å². The van der Waals surface area contributed by atoms with Crippen LogP contribution in [0, 0.1) is 0 Å². The molecule has 242 valence electrons. The molecular formula is C45H27N7. The molecule has 12 aromatic rings. The van der Waals surface area contributed by atoms with Gasteiger partial charge in [0.1, 0.15) is 5.65 Å². The first-order valence-electron chi connectivity index (χ1n) is 17.5. The van der Waals surface area contributed by atoms with Gasteiger partial charge in [-0.3, -0.25) is 17.9 Å². The Bertz CT molecular complexity index is 3430. The topological polar surface area (TPSA) is 57.4 Å². The second kappa shape index (κ2) is 10.2. The van der Waals surface area contributed by atoms with Crippen molar-refractivity contribution in [3.05, 3.63) is 164 Å². The van der Waals surface area contributed by atoms with Gasteiger partial charge in [-0.1, -0.05) is 97.1 Å². The molecule has 0 unspecified atom stereocenters. The summed E-state index contributed by atoms with van der Waals surface area (Å²) in [5.74, 6) is 1.53. The normalized spacial score (nSPS) is 12.2. The molecule has 0 aliphatic rings. The Morgan fingerprint density at radius 1 is 0.385 bits per heavy atom. The number of hydrogen-bond acceptors (Lipinski definition) is 3. The number of rotatable bonds is 3. The van der Waals surface area contributed by atoms with Crippen LogP contribution in [0.2, 0.25) is 0 Å². The van der Waals surface area contributed by atoms with Crippen LogP contribution in [0.1, 0.15) is 0 Å². The molecular weight excluding hydrogens is 639 g/mol. The van der Waals surface area contributed by atoms with Crippen molar-refractivity contribution in [3.63, 3.8) is 0 Å². The fourth-order valence-electron chi connectivity index (χ4n) is 8.23. The van der Waals surface area contributed by atoms with Crippen LogP contribution < -0.4 is 0 Å². The largest absolute Gasteiger partial charge is 0.293 e. The lowest BCUT2D eigenvalue weighted by Crippen LogP contribution is -2.03. The van der Waals surface area contributed by atoms with Gasteiger partial charge in [-0.05, 0) is 77.5 Å². The van der Waals surface area contributed by atoms with Crippen LogP contribution in [0.25, 0.3) is 100.0 Å². The zero-order chi connectivity index (χ0) is 33.9. The highest BCUT2D eigenvalue weighted by Gasteiger charge is 2.21. The van der Waals surface area contributed by atoms with Gasteiger partial charge in [0, 0.05) is 16.3 Å². The molecule has 0 N–H and O–H groups in total. The molecule has 5 aromatic heterocycles. The summed E-state index contributed by atoms with van der Waals surface area (Å²) in [5.41, 5.74) is 12.5. The van der Waals surface area contributed by atoms with E-state index in [1.165, 1.54) is 10.8 Å². The Hall–Kier alpha value is -7.25.